The number of hydrogen-bond donors (Lipinski definition) is 1. The van der Waals surface area contributed by atoms with Gasteiger partial charge < -0.3 is 14.8 Å². The van der Waals surface area contributed by atoms with Crippen molar-refractivity contribution < 1.29 is 19.1 Å². The quantitative estimate of drug-likeness (QED) is 0.495. The Labute approximate surface area is 200 Å². The van der Waals surface area contributed by atoms with Crippen LogP contribution >= 0.6 is 22.7 Å². The number of thiazole rings is 1. The van der Waals surface area contributed by atoms with Crippen molar-refractivity contribution in [2.45, 2.75) is 6.42 Å². The van der Waals surface area contributed by atoms with Crippen LogP contribution < -0.4 is 15.0 Å². The number of hydrogen-bond acceptors (Lipinski definition) is 8. The topological polar surface area (TPSA) is 84.0 Å². The molecule has 8 nitrogen and oxygen atoms in total. The lowest BCUT2D eigenvalue weighted by molar-refractivity contribution is 0.0376. The van der Waals surface area contributed by atoms with Crippen molar-refractivity contribution in [1.82, 2.24) is 9.88 Å². The van der Waals surface area contributed by atoms with E-state index in [0.29, 0.717) is 28.0 Å². The fraction of sp³-hybridized carbons (Fsp3) is 0.348. The summed E-state index contributed by atoms with van der Waals surface area (Å²) in [6.07, 6.45) is 0.808. The second-order valence-electron chi connectivity index (χ2n) is 7.44. The number of aromatic nitrogens is 1. The molecule has 174 valence electrons. The summed E-state index contributed by atoms with van der Waals surface area (Å²) in [5.41, 5.74) is 0.890. The molecule has 0 spiro atoms. The molecule has 0 atom stereocenters. The lowest BCUT2D eigenvalue weighted by atomic mass is 10.3. The first kappa shape index (κ1) is 23.4. The van der Waals surface area contributed by atoms with Gasteiger partial charge in [0.1, 0.15) is 11.4 Å². The van der Waals surface area contributed by atoms with Crippen LogP contribution in [0.1, 0.15) is 26.6 Å². The molecule has 4 rings (SSSR count). The summed E-state index contributed by atoms with van der Waals surface area (Å²) in [5.74, 6) is 0.225. The number of thiophene rings is 1. The highest BCUT2D eigenvalue weighted by molar-refractivity contribution is 7.14. The Morgan fingerprint density at radius 3 is 2.82 bits per heavy atom. The number of methoxy groups -OCH3 is 1. The van der Waals surface area contributed by atoms with Crippen LogP contribution in [0.5, 0.6) is 5.75 Å². The van der Waals surface area contributed by atoms with Gasteiger partial charge in [-0.25, -0.2) is 4.98 Å². The molecule has 1 N–H and O–H groups in total. The molecule has 0 bridgehead atoms. The highest BCUT2D eigenvalue weighted by Crippen LogP contribution is 2.25. The maximum atomic E-state index is 13.2. The van der Waals surface area contributed by atoms with E-state index in [1.54, 1.807) is 35.6 Å². The number of nitrogens with zero attached hydrogens (tertiary/aromatic N) is 3. The fourth-order valence-corrected chi connectivity index (χ4v) is 4.98. The molecule has 1 fully saturated rings. The van der Waals surface area contributed by atoms with Crippen LogP contribution in [0.15, 0.2) is 47.2 Å². The van der Waals surface area contributed by atoms with E-state index in [1.165, 1.54) is 22.7 Å². The highest BCUT2D eigenvalue weighted by Gasteiger charge is 2.23. The summed E-state index contributed by atoms with van der Waals surface area (Å²) in [6, 6.07) is 10.8. The van der Waals surface area contributed by atoms with Gasteiger partial charge in [-0.2, -0.15) is 0 Å². The average molecular weight is 487 g/mol. The number of ether oxygens (including phenoxy) is 2. The Bertz CT molecular complexity index is 1060. The van der Waals surface area contributed by atoms with Crippen molar-refractivity contribution in [1.29, 1.82) is 0 Å². The maximum Gasteiger partial charge on any atom is 0.275 e. The van der Waals surface area contributed by atoms with E-state index in [1.807, 2.05) is 23.6 Å². The van der Waals surface area contributed by atoms with Crippen molar-refractivity contribution in [3.05, 3.63) is 57.7 Å². The molecule has 1 aliphatic heterocycles. The molecule has 1 aromatic carbocycles. The number of carbonyl (C=O) groups excluding carboxylic acids is 2. The molecule has 0 unspecified atom stereocenters. The first-order chi connectivity index (χ1) is 16.1. The summed E-state index contributed by atoms with van der Waals surface area (Å²) in [5, 5.41) is 6.92. The maximum absolute atomic E-state index is 13.2. The number of anilines is 2. The van der Waals surface area contributed by atoms with Gasteiger partial charge >= 0.3 is 0 Å². The predicted molar refractivity (Wildman–Crippen MR) is 131 cm³/mol. The minimum atomic E-state index is -0.331. The van der Waals surface area contributed by atoms with E-state index in [2.05, 4.69) is 15.2 Å². The lowest BCUT2D eigenvalue weighted by Gasteiger charge is -2.27. The third-order valence-electron chi connectivity index (χ3n) is 5.22. The number of rotatable bonds is 9. The lowest BCUT2D eigenvalue weighted by Crippen LogP contribution is -2.39. The van der Waals surface area contributed by atoms with Crippen LogP contribution in [0.25, 0.3) is 0 Å². The van der Waals surface area contributed by atoms with Gasteiger partial charge in [0.15, 0.2) is 5.13 Å². The molecule has 3 aromatic rings. The predicted octanol–water partition coefficient (Wildman–Crippen LogP) is 3.83. The monoisotopic (exact) mass is 486 g/mol. The summed E-state index contributed by atoms with van der Waals surface area (Å²) in [7, 11) is 1.58. The number of morpholine rings is 1. The Morgan fingerprint density at radius 2 is 2.06 bits per heavy atom. The molecule has 2 aromatic heterocycles. The zero-order chi connectivity index (χ0) is 23.0. The van der Waals surface area contributed by atoms with Crippen molar-refractivity contribution in [2.24, 2.45) is 0 Å². The number of nitrogens with one attached hydrogen (secondary N) is 1. The summed E-state index contributed by atoms with van der Waals surface area (Å²) in [4.78, 5) is 35.1. The molecule has 0 radical (unpaired) electrons. The van der Waals surface area contributed by atoms with Crippen molar-refractivity contribution >= 4 is 45.3 Å². The van der Waals surface area contributed by atoms with E-state index >= 15 is 0 Å². The average Bonchev–Trinajstić information content (AvgIpc) is 3.55. The highest BCUT2D eigenvalue weighted by atomic mass is 32.1. The van der Waals surface area contributed by atoms with Gasteiger partial charge in [-0.1, -0.05) is 12.1 Å². The van der Waals surface area contributed by atoms with Gasteiger partial charge in [0.05, 0.1) is 25.2 Å². The van der Waals surface area contributed by atoms with Gasteiger partial charge in [-0.3, -0.25) is 19.4 Å². The Balaban J connectivity index is 1.45. The van der Waals surface area contributed by atoms with Gasteiger partial charge in [0.25, 0.3) is 11.8 Å². The van der Waals surface area contributed by atoms with Crippen molar-refractivity contribution in [3.63, 3.8) is 0 Å². The summed E-state index contributed by atoms with van der Waals surface area (Å²) < 4.78 is 10.6. The summed E-state index contributed by atoms with van der Waals surface area (Å²) in [6.45, 7) is 4.71. The van der Waals surface area contributed by atoms with E-state index in [9.17, 15) is 9.59 Å². The third kappa shape index (κ3) is 6.17. The van der Waals surface area contributed by atoms with E-state index in [0.717, 1.165) is 39.3 Å². The first-order valence-corrected chi connectivity index (χ1v) is 12.5. The molecule has 3 heterocycles. The van der Waals surface area contributed by atoms with Crippen molar-refractivity contribution in [2.75, 3.05) is 56.7 Å². The van der Waals surface area contributed by atoms with Crippen LogP contribution in [0.4, 0.5) is 10.8 Å². The number of carbonyl (C=O) groups is 2. The second-order valence-corrected chi connectivity index (χ2v) is 9.23. The van der Waals surface area contributed by atoms with Crippen LogP contribution in [-0.4, -0.2) is 68.2 Å². The molecule has 10 heteroatoms. The fourth-order valence-electron chi connectivity index (χ4n) is 3.48. The Hall–Kier alpha value is -2.79. The van der Waals surface area contributed by atoms with Gasteiger partial charge in [-0.15, -0.1) is 22.7 Å². The molecule has 1 aliphatic rings. The van der Waals surface area contributed by atoms with Gasteiger partial charge in [0, 0.05) is 43.3 Å². The van der Waals surface area contributed by atoms with Crippen LogP contribution in [0, 0.1) is 0 Å². The molecule has 2 amide bonds. The van der Waals surface area contributed by atoms with Crippen LogP contribution in [-0.2, 0) is 4.74 Å². The Kier molecular flexibility index (Phi) is 8.05. The molecular weight excluding hydrogens is 460 g/mol. The first-order valence-electron chi connectivity index (χ1n) is 10.7. The van der Waals surface area contributed by atoms with E-state index < -0.39 is 0 Å². The van der Waals surface area contributed by atoms with Crippen LogP contribution in [0.2, 0.25) is 0 Å². The molecule has 0 aliphatic carbocycles. The minimum absolute atomic E-state index is 0.0962. The smallest absolute Gasteiger partial charge is 0.275 e. The standard InChI is InChI=1S/C23H26N4O4S2/c1-30-18-6-2-5-17(15-18)24-21(28)19-16-33-23(25-19)27(22(29)20-7-3-14-32-20)9-4-8-26-10-12-31-13-11-26/h2-3,5-7,14-16H,4,8-13H2,1H3,(H,24,28). The zero-order valence-corrected chi connectivity index (χ0v) is 20.0. The van der Waals surface area contributed by atoms with E-state index in [4.69, 9.17) is 9.47 Å². The number of benzene rings is 1. The van der Waals surface area contributed by atoms with Gasteiger partial charge in [0.2, 0.25) is 0 Å². The van der Waals surface area contributed by atoms with Crippen molar-refractivity contribution in [3.8, 4) is 5.75 Å². The largest absolute Gasteiger partial charge is 0.497 e. The normalized spacial score (nSPS) is 14.1. The zero-order valence-electron chi connectivity index (χ0n) is 18.4. The molecule has 33 heavy (non-hydrogen) atoms. The number of amides is 2. The molecule has 1 saturated heterocycles. The molecular formula is C23H26N4O4S2. The SMILES string of the molecule is COc1cccc(NC(=O)c2csc(N(CCCN3CCOCC3)C(=O)c3cccs3)n2)c1. The van der Waals surface area contributed by atoms with Crippen LogP contribution in [0.3, 0.4) is 0 Å². The molecule has 0 saturated carbocycles. The second kappa shape index (κ2) is 11.4. The minimum Gasteiger partial charge on any atom is -0.497 e. The Morgan fingerprint density at radius 1 is 1.21 bits per heavy atom. The third-order valence-corrected chi connectivity index (χ3v) is 6.94. The van der Waals surface area contributed by atoms with Gasteiger partial charge in [-0.05, 0) is 30.0 Å². The van der Waals surface area contributed by atoms with E-state index in [-0.39, 0.29) is 17.5 Å². The summed E-state index contributed by atoms with van der Waals surface area (Å²) >= 11 is 2.70.